The largest absolute Gasteiger partial charge is 0.508 e. The van der Waals surface area contributed by atoms with Crippen LogP contribution in [0.25, 0.3) is 0 Å². The lowest BCUT2D eigenvalue weighted by Crippen LogP contribution is -2.40. The third-order valence-corrected chi connectivity index (χ3v) is 3.10. The number of carboxylic acids is 1. The average molecular weight is 259 g/mol. The Bertz CT molecular complexity index is 479. The van der Waals surface area contributed by atoms with Crippen molar-refractivity contribution in [1.82, 2.24) is 5.32 Å². The zero-order valence-corrected chi connectivity index (χ0v) is 10.5. The smallest absolute Gasteiger partial charge is 0.321 e. The number of rotatable bonds is 6. The third kappa shape index (κ3) is 3.96. The second-order valence-corrected chi connectivity index (χ2v) is 4.60. The molecule has 0 amide bonds. The maximum atomic E-state index is 11.2. The zero-order chi connectivity index (χ0) is 13.7. The summed E-state index contributed by atoms with van der Waals surface area (Å²) < 4.78 is 0. The normalized spacial score (nSPS) is 15.8. The Hall–Kier alpha value is -2.07. The monoisotopic (exact) mass is 259 g/mol. The molecule has 4 heteroatoms. The minimum absolute atomic E-state index is 0.185. The summed E-state index contributed by atoms with van der Waals surface area (Å²) in [5.74, 6) is -0.412. The Morgan fingerprint density at radius 1 is 1.21 bits per heavy atom. The molecule has 3 N–H and O–H groups in total. The van der Waals surface area contributed by atoms with Crippen molar-refractivity contribution in [3.8, 4) is 5.75 Å². The molecule has 0 aromatic heterocycles. The Labute approximate surface area is 112 Å². The fourth-order valence-corrected chi connectivity index (χ4v) is 2.01. The molecule has 1 aliphatic carbocycles. The van der Waals surface area contributed by atoms with Gasteiger partial charge < -0.3 is 15.5 Å². The lowest BCUT2D eigenvalue weighted by molar-refractivity contribution is -0.139. The van der Waals surface area contributed by atoms with E-state index < -0.39 is 12.0 Å². The summed E-state index contributed by atoms with van der Waals surface area (Å²) in [6.07, 6.45) is 8.39. The maximum Gasteiger partial charge on any atom is 0.321 e. The first kappa shape index (κ1) is 13.4. The molecule has 0 radical (unpaired) electrons. The molecule has 0 saturated heterocycles. The van der Waals surface area contributed by atoms with Crippen LogP contribution in [0.5, 0.6) is 5.75 Å². The van der Waals surface area contributed by atoms with Gasteiger partial charge in [0.05, 0.1) is 0 Å². The molecule has 0 unspecified atom stereocenters. The molecule has 0 heterocycles. The van der Waals surface area contributed by atoms with E-state index in [2.05, 4.69) is 5.32 Å². The first-order valence-electron chi connectivity index (χ1n) is 6.24. The molecule has 1 aliphatic rings. The van der Waals surface area contributed by atoms with Crippen LogP contribution in [-0.4, -0.2) is 28.8 Å². The van der Waals surface area contributed by atoms with E-state index in [1.54, 1.807) is 24.3 Å². The lowest BCUT2D eigenvalue weighted by atomic mass is 10.0. The van der Waals surface area contributed by atoms with E-state index in [4.69, 9.17) is 0 Å². The summed E-state index contributed by atoms with van der Waals surface area (Å²) >= 11 is 0. The minimum atomic E-state index is -0.862. The number of benzene rings is 1. The Morgan fingerprint density at radius 2 is 1.84 bits per heavy atom. The van der Waals surface area contributed by atoms with Crippen molar-refractivity contribution in [3.63, 3.8) is 0 Å². The summed E-state index contributed by atoms with van der Waals surface area (Å²) in [6.45, 7) is 0.613. The summed E-state index contributed by atoms with van der Waals surface area (Å²) in [4.78, 5) is 11.2. The van der Waals surface area contributed by atoms with Gasteiger partial charge in [0.15, 0.2) is 0 Å². The summed E-state index contributed by atoms with van der Waals surface area (Å²) in [7, 11) is 0. The molecular weight excluding hydrogens is 242 g/mol. The van der Waals surface area contributed by atoms with Crippen LogP contribution in [0, 0.1) is 5.92 Å². The van der Waals surface area contributed by atoms with Crippen molar-refractivity contribution in [1.29, 1.82) is 0 Å². The van der Waals surface area contributed by atoms with Gasteiger partial charge in [0.2, 0.25) is 0 Å². The van der Waals surface area contributed by atoms with E-state index in [1.807, 2.05) is 24.3 Å². The molecule has 0 saturated carbocycles. The van der Waals surface area contributed by atoms with E-state index in [1.165, 1.54) is 0 Å². The predicted molar refractivity (Wildman–Crippen MR) is 73.0 cm³/mol. The van der Waals surface area contributed by atoms with E-state index in [9.17, 15) is 15.0 Å². The van der Waals surface area contributed by atoms with Crippen LogP contribution in [0.4, 0.5) is 0 Å². The van der Waals surface area contributed by atoms with Crippen molar-refractivity contribution in [2.45, 2.75) is 12.5 Å². The van der Waals surface area contributed by atoms with Crippen molar-refractivity contribution in [2.75, 3.05) is 6.54 Å². The first-order chi connectivity index (χ1) is 9.15. The molecule has 0 aliphatic heterocycles. The first-order valence-corrected chi connectivity index (χ1v) is 6.24. The molecule has 0 spiro atoms. The van der Waals surface area contributed by atoms with Gasteiger partial charge in [0.25, 0.3) is 0 Å². The minimum Gasteiger partial charge on any atom is -0.508 e. The van der Waals surface area contributed by atoms with Crippen LogP contribution in [0.15, 0.2) is 48.6 Å². The molecule has 1 atom stereocenters. The van der Waals surface area contributed by atoms with Crippen LogP contribution in [0.2, 0.25) is 0 Å². The van der Waals surface area contributed by atoms with Crippen LogP contribution >= 0.6 is 0 Å². The molecular formula is C15H17NO3. The van der Waals surface area contributed by atoms with E-state index >= 15 is 0 Å². The second-order valence-electron chi connectivity index (χ2n) is 4.60. The topological polar surface area (TPSA) is 69.6 Å². The van der Waals surface area contributed by atoms with Crippen LogP contribution < -0.4 is 5.32 Å². The van der Waals surface area contributed by atoms with Gasteiger partial charge in [-0.15, -0.1) is 0 Å². The number of carboxylic acid groups (broad SMARTS) is 1. The highest BCUT2D eigenvalue weighted by atomic mass is 16.4. The number of aliphatic carboxylic acids is 1. The Balaban J connectivity index is 1.92. The van der Waals surface area contributed by atoms with E-state index in [0.29, 0.717) is 13.0 Å². The summed E-state index contributed by atoms with van der Waals surface area (Å²) in [5, 5.41) is 21.5. The molecule has 1 aromatic rings. The van der Waals surface area contributed by atoms with Gasteiger partial charge in [-0.25, -0.2) is 0 Å². The molecule has 0 fully saturated rings. The Morgan fingerprint density at radius 3 is 2.42 bits per heavy atom. The van der Waals surface area contributed by atoms with Crippen molar-refractivity contribution in [3.05, 3.63) is 54.1 Å². The SMILES string of the molecule is O=C(O)[C@H](Cc1ccc(O)cc1)NCC1C=CC=C1. The average Bonchev–Trinajstić information content (AvgIpc) is 2.89. The van der Waals surface area contributed by atoms with Gasteiger partial charge in [-0.1, -0.05) is 36.4 Å². The highest BCUT2D eigenvalue weighted by Crippen LogP contribution is 2.12. The van der Waals surface area contributed by atoms with Gasteiger partial charge in [-0.2, -0.15) is 0 Å². The number of hydrogen-bond acceptors (Lipinski definition) is 3. The van der Waals surface area contributed by atoms with E-state index in [-0.39, 0.29) is 11.7 Å². The van der Waals surface area contributed by atoms with Gasteiger partial charge in [0.1, 0.15) is 11.8 Å². The van der Waals surface area contributed by atoms with Gasteiger partial charge in [0, 0.05) is 12.5 Å². The standard InChI is InChI=1S/C15H17NO3/c17-13-7-5-11(6-8-13)9-14(15(18)19)16-10-12-3-1-2-4-12/h1-8,12,14,16-17H,9-10H2,(H,18,19)/t14-/m0/s1. The third-order valence-electron chi connectivity index (χ3n) is 3.10. The Kier molecular flexibility index (Phi) is 4.36. The van der Waals surface area contributed by atoms with Crippen molar-refractivity contribution >= 4 is 5.97 Å². The fourth-order valence-electron chi connectivity index (χ4n) is 2.01. The molecule has 4 nitrogen and oxygen atoms in total. The molecule has 100 valence electrons. The summed E-state index contributed by atoms with van der Waals surface area (Å²) in [6, 6.07) is 5.99. The molecule has 2 rings (SSSR count). The van der Waals surface area contributed by atoms with Crippen LogP contribution in [0.3, 0.4) is 0 Å². The molecule has 19 heavy (non-hydrogen) atoms. The number of aromatic hydroxyl groups is 1. The molecule has 1 aromatic carbocycles. The van der Waals surface area contributed by atoms with Crippen molar-refractivity contribution < 1.29 is 15.0 Å². The van der Waals surface area contributed by atoms with Gasteiger partial charge >= 0.3 is 5.97 Å². The van der Waals surface area contributed by atoms with Gasteiger partial charge in [-0.3, -0.25) is 4.79 Å². The highest BCUT2D eigenvalue weighted by molar-refractivity contribution is 5.73. The fraction of sp³-hybridized carbons (Fsp3) is 0.267. The number of allylic oxidation sites excluding steroid dienone is 2. The lowest BCUT2D eigenvalue weighted by Gasteiger charge is -2.16. The van der Waals surface area contributed by atoms with Crippen LogP contribution in [0.1, 0.15) is 5.56 Å². The number of carbonyl (C=O) groups is 1. The maximum absolute atomic E-state index is 11.2. The number of nitrogens with one attached hydrogen (secondary N) is 1. The van der Waals surface area contributed by atoms with Gasteiger partial charge in [-0.05, 0) is 24.1 Å². The number of phenolic OH excluding ortho intramolecular Hbond substituents is 1. The van der Waals surface area contributed by atoms with E-state index in [0.717, 1.165) is 5.56 Å². The summed E-state index contributed by atoms with van der Waals surface area (Å²) in [5.41, 5.74) is 0.884. The second kappa shape index (κ2) is 6.20. The quantitative estimate of drug-likeness (QED) is 0.727. The highest BCUT2D eigenvalue weighted by Gasteiger charge is 2.18. The predicted octanol–water partition coefficient (Wildman–Crippen LogP) is 1.72. The van der Waals surface area contributed by atoms with Crippen LogP contribution in [-0.2, 0) is 11.2 Å². The molecule has 0 bridgehead atoms. The number of phenols is 1. The number of hydrogen-bond donors (Lipinski definition) is 3. The van der Waals surface area contributed by atoms with Crippen molar-refractivity contribution in [2.24, 2.45) is 5.92 Å². The zero-order valence-electron chi connectivity index (χ0n) is 10.5.